The average Bonchev–Trinajstić information content (AvgIpc) is 3.19. The summed E-state index contributed by atoms with van der Waals surface area (Å²) in [5, 5.41) is 6.80. The van der Waals surface area contributed by atoms with Crippen LogP contribution in [0.2, 0.25) is 0 Å². The maximum absolute atomic E-state index is 14.1. The van der Waals surface area contributed by atoms with Gasteiger partial charge < -0.3 is 10.3 Å². The van der Waals surface area contributed by atoms with E-state index < -0.39 is 5.82 Å². The van der Waals surface area contributed by atoms with Crippen molar-refractivity contribution in [3.8, 4) is 0 Å². The quantitative estimate of drug-likeness (QED) is 0.334. The predicted octanol–water partition coefficient (Wildman–Crippen LogP) is 4.75. The number of aliphatic imine (C=N–C) groups is 1. The number of fused-ring (bicyclic) bond motifs is 1. The summed E-state index contributed by atoms with van der Waals surface area (Å²) in [4.78, 5) is 20.3. The standard InChI is InChI=1S/C24H21FN4O/c25-20-11-5-7-13-22(20)28-24(29-23(30)17-8-2-1-3-9-17)26-15-14-18-16-27-21-12-6-4-10-19(18)21/h1-13,16,27H,14-15H2,(H2,26,28,29,30). The molecule has 0 aliphatic rings. The van der Waals surface area contributed by atoms with E-state index in [1.165, 1.54) is 6.07 Å². The number of carbonyl (C=O) groups is 1. The number of halogens is 1. The molecule has 0 atom stereocenters. The molecule has 150 valence electrons. The Balaban J connectivity index is 1.52. The molecule has 4 aromatic rings. The second-order valence-electron chi connectivity index (χ2n) is 6.76. The van der Waals surface area contributed by atoms with E-state index in [-0.39, 0.29) is 17.6 Å². The van der Waals surface area contributed by atoms with Crippen molar-refractivity contribution in [3.63, 3.8) is 0 Å². The first-order chi connectivity index (χ1) is 14.7. The minimum absolute atomic E-state index is 0.203. The molecule has 0 spiro atoms. The molecule has 0 unspecified atom stereocenters. The Morgan fingerprint density at radius 2 is 1.67 bits per heavy atom. The van der Waals surface area contributed by atoms with Gasteiger partial charge in [0.05, 0.1) is 5.69 Å². The van der Waals surface area contributed by atoms with E-state index in [4.69, 9.17) is 0 Å². The fraction of sp³-hybridized carbons (Fsp3) is 0.0833. The summed E-state index contributed by atoms with van der Waals surface area (Å²) in [6.07, 6.45) is 2.64. The van der Waals surface area contributed by atoms with E-state index in [1.807, 2.05) is 30.5 Å². The van der Waals surface area contributed by atoms with Gasteiger partial charge >= 0.3 is 0 Å². The maximum atomic E-state index is 14.1. The highest BCUT2D eigenvalue weighted by molar-refractivity contribution is 6.10. The smallest absolute Gasteiger partial charge is 0.257 e. The van der Waals surface area contributed by atoms with Gasteiger partial charge in [0.25, 0.3) is 5.91 Å². The maximum Gasteiger partial charge on any atom is 0.257 e. The molecule has 1 heterocycles. The number of aromatic amines is 1. The molecular weight excluding hydrogens is 379 g/mol. The van der Waals surface area contributed by atoms with Gasteiger partial charge in [-0.2, -0.15) is 0 Å². The largest absolute Gasteiger partial charge is 0.361 e. The summed E-state index contributed by atoms with van der Waals surface area (Å²) in [6, 6.07) is 23.2. The lowest BCUT2D eigenvalue weighted by atomic mass is 10.1. The van der Waals surface area contributed by atoms with Crippen molar-refractivity contribution >= 4 is 28.5 Å². The Hall–Kier alpha value is -3.93. The van der Waals surface area contributed by atoms with Crippen molar-refractivity contribution in [1.82, 2.24) is 10.3 Å². The molecular formula is C24H21FN4O. The second-order valence-corrected chi connectivity index (χ2v) is 6.76. The van der Waals surface area contributed by atoms with Crippen LogP contribution in [0.4, 0.5) is 10.1 Å². The Morgan fingerprint density at radius 1 is 0.933 bits per heavy atom. The lowest BCUT2D eigenvalue weighted by Gasteiger charge is -2.12. The molecule has 0 aliphatic heterocycles. The van der Waals surface area contributed by atoms with Crippen LogP contribution in [0.1, 0.15) is 15.9 Å². The van der Waals surface area contributed by atoms with E-state index >= 15 is 0 Å². The summed E-state index contributed by atoms with van der Waals surface area (Å²) >= 11 is 0. The first-order valence-electron chi connectivity index (χ1n) is 9.68. The summed E-state index contributed by atoms with van der Waals surface area (Å²) in [5.41, 5.74) is 2.95. The van der Waals surface area contributed by atoms with Crippen LogP contribution in [0.15, 0.2) is 90.1 Å². The third-order valence-electron chi connectivity index (χ3n) is 4.72. The number of nitrogens with one attached hydrogen (secondary N) is 3. The molecule has 0 fully saturated rings. The number of para-hydroxylation sites is 2. The predicted molar refractivity (Wildman–Crippen MR) is 118 cm³/mol. The van der Waals surface area contributed by atoms with E-state index in [0.717, 1.165) is 16.5 Å². The van der Waals surface area contributed by atoms with E-state index in [1.54, 1.807) is 42.5 Å². The first kappa shape index (κ1) is 19.4. The van der Waals surface area contributed by atoms with Crippen LogP contribution in [0.3, 0.4) is 0 Å². The van der Waals surface area contributed by atoms with Gasteiger partial charge in [-0.15, -0.1) is 0 Å². The highest BCUT2D eigenvalue weighted by atomic mass is 19.1. The van der Waals surface area contributed by atoms with Crippen molar-refractivity contribution < 1.29 is 9.18 Å². The number of hydrogen-bond acceptors (Lipinski definition) is 2. The molecule has 1 amide bonds. The van der Waals surface area contributed by atoms with Crippen molar-refractivity contribution in [2.45, 2.75) is 6.42 Å². The van der Waals surface area contributed by atoms with Gasteiger partial charge in [-0.05, 0) is 42.3 Å². The second kappa shape index (κ2) is 9.05. The van der Waals surface area contributed by atoms with Crippen LogP contribution in [-0.4, -0.2) is 23.4 Å². The topological polar surface area (TPSA) is 69.3 Å². The van der Waals surface area contributed by atoms with E-state index in [2.05, 4.69) is 26.7 Å². The SMILES string of the molecule is O=C(NC(=NCCc1c[nH]c2ccccc12)Nc1ccccc1F)c1ccccc1. The van der Waals surface area contributed by atoms with Gasteiger partial charge in [-0.1, -0.05) is 48.5 Å². The van der Waals surface area contributed by atoms with Crippen LogP contribution in [-0.2, 0) is 6.42 Å². The molecule has 3 aromatic carbocycles. The number of amides is 1. The highest BCUT2D eigenvalue weighted by Crippen LogP contribution is 2.18. The zero-order valence-corrected chi connectivity index (χ0v) is 16.2. The monoisotopic (exact) mass is 400 g/mol. The van der Waals surface area contributed by atoms with E-state index in [0.29, 0.717) is 18.5 Å². The Bertz CT molecular complexity index is 1180. The Morgan fingerprint density at radius 3 is 2.50 bits per heavy atom. The highest BCUT2D eigenvalue weighted by Gasteiger charge is 2.11. The van der Waals surface area contributed by atoms with Gasteiger partial charge in [0.2, 0.25) is 5.96 Å². The molecule has 4 rings (SSSR count). The van der Waals surface area contributed by atoms with Crippen LogP contribution < -0.4 is 10.6 Å². The number of nitrogens with zero attached hydrogens (tertiary/aromatic N) is 1. The number of rotatable bonds is 5. The lowest BCUT2D eigenvalue weighted by Crippen LogP contribution is -2.36. The number of carbonyl (C=O) groups excluding carboxylic acids is 1. The minimum Gasteiger partial charge on any atom is -0.361 e. The third-order valence-corrected chi connectivity index (χ3v) is 4.72. The molecule has 0 saturated heterocycles. The molecule has 5 nitrogen and oxygen atoms in total. The molecule has 1 aromatic heterocycles. The molecule has 0 radical (unpaired) electrons. The van der Waals surface area contributed by atoms with Gasteiger partial charge in [0, 0.05) is 29.2 Å². The summed E-state index contributed by atoms with van der Waals surface area (Å²) in [7, 11) is 0. The van der Waals surface area contributed by atoms with Gasteiger partial charge in [-0.3, -0.25) is 15.1 Å². The van der Waals surface area contributed by atoms with Crippen molar-refractivity contribution in [2.24, 2.45) is 4.99 Å². The fourth-order valence-corrected chi connectivity index (χ4v) is 3.20. The molecule has 0 saturated carbocycles. The summed E-state index contributed by atoms with van der Waals surface area (Å²) in [5.74, 6) is -0.533. The van der Waals surface area contributed by atoms with Crippen molar-refractivity contribution in [3.05, 3.63) is 102 Å². The summed E-state index contributed by atoms with van der Waals surface area (Å²) in [6.45, 7) is 0.424. The van der Waals surface area contributed by atoms with Crippen molar-refractivity contribution in [1.29, 1.82) is 0 Å². The normalized spacial score (nSPS) is 11.4. The zero-order valence-electron chi connectivity index (χ0n) is 16.2. The van der Waals surface area contributed by atoms with Crippen molar-refractivity contribution in [2.75, 3.05) is 11.9 Å². The van der Waals surface area contributed by atoms with E-state index in [9.17, 15) is 9.18 Å². The number of anilines is 1. The Kier molecular flexibility index (Phi) is 5.85. The number of aromatic nitrogens is 1. The number of H-pyrrole nitrogens is 1. The fourth-order valence-electron chi connectivity index (χ4n) is 3.20. The number of hydrogen-bond donors (Lipinski definition) is 3. The van der Waals surface area contributed by atoms with Crippen LogP contribution in [0.5, 0.6) is 0 Å². The lowest BCUT2D eigenvalue weighted by molar-refractivity contribution is 0.0977. The third kappa shape index (κ3) is 4.55. The van der Waals surface area contributed by atoms with Crippen LogP contribution >= 0.6 is 0 Å². The first-order valence-corrected chi connectivity index (χ1v) is 9.68. The van der Waals surface area contributed by atoms with Crippen LogP contribution in [0, 0.1) is 5.82 Å². The van der Waals surface area contributed by atoms with Gasteiger partial charge in [0.15, 0.2) is 0 Å². The molecule has 0 aliphatic carbocycles. The molecule has 3 N–H and O–H groups in total. The number of guanidine groups is 1. The Labute approximate surface area is 173 Å². The molecule has 0 bridgehead atoms. The summed E-state index contributed by atoms with van der Waals surface area (Å²) < 4.78 is 14.1. The average molecular weight is 400 g/mol. The zero-order chi connectivity index (χ0) is 20.8. The minimum atomic E-state index is -0.421. The van der Waals surface area contributed by atoms with Crippen LogP contribution in [0.25, 0.3) is 10.9 Å². The van der Waals surface area contributed by atoms with Gasteiger partial charge in [-0.25, -0.2) is 4.39 Å². The molecule has 30 heavy (non-hydrogen) atoms. The van der Waals surface area contributed by atoms with Gasteiger partial charge in [0.1, 0.15) is 5.82 Å². The molecule has 6 heteroatoms. The number of benzene rings is 3.